The van der Waals surface area contributed by atoms with E-state index in [1.165, 1.54) is 0 Å². The average Bonchev–Trinajstić information content (AvgIpc) is 3.21. The number of anilines is 1. The topological polar surface area (TPSA) is 94.3 Å². The van der Waals surface area contributed by atoms with Gasteiger partial charge >= 0.3 is 6.03 Å². The van der Waals surface area contributed by atoms with Crippen LogP contribution in [0.1, 0.15) is 11.1 Å². The predicted molar refractivity (Wildman–Crippen MR) is 114 cm³/mol. The largest absolute Gasteiger partial charge is 0.361 e. The van der Waals surface area contributed by atoms with Gasteiger partial charge in [-0.1, -0.05) is 24.3 Å². The molecule has 0 spiro atoms. The lowest BCUT2D eigenvalue weighted by Gasteiger charge is -2.14. The summed E-state index contributed by atoms with van der Waals surface area (Å²) in [5.41, 5.74) is 3.54. The summed E-state index contributed by atoms with van der Waals surface area (Å²) in [6, 6.07) is 12.0. The molecule has 7 nitrogen and oxygen atoms in total. The second kappa shape index (κ2) is 7.71. The second-order valence-corrected chi connectivity index (χ2v) is 7.88. The number of aryl methyl sites for hydroxylation is 1. The van der Waals surface area contributed by atoms with Gasteiger partial charge in [-0.05, 0) is 52.2 Å². The van der Waals surface area contributed by atoms with Crippen molar-refractivity contribution in [2.45, 2.75) is 19.4 Å². The van der Waals surface area contributed by atoms with Crippen LogP contribution in [-0.4, -0.2) is 40.3 Å². The fourth-order valence-corrected chi connectivity index (χ4v) is 4.03. The molecular formula is C21H19BrN4O3. The standard InChI is InChI=1S/C21H19BrN4O3/c1-12-6-7-17(15(22)8-12)24-19(27)11-26-20(28)18(25-21(26)29)9-13-10-23-16-5-3-2-4-14(13)16/h2-8,10,18,23H,9,11H2,1H3,(H,24,27)(H,25,29). The smallest absolute Gasteiger partial charge is 0.325 e. The molecule has 4 amide bonds. The maximum Gasteiger partial charge on any atom is 0.325 e. The van der Waals surface area contributed by atoms with Gasteiger partial charge in [-0.2, -0.15) is 0 Å². The van der Waals surface area contributed by atoms with E-state index < -0.39 is 23.9 Å². The molecule has 2 heterocycles. The zero-order valence-electron chi connectivity index (χ0n) is 15.7. The summed E-state index contributed by atoms with van der Waals surface area (Å²) < 4.78 is 0.736. The molecule has 1 aliphatic rings. The lowest BCUT2D eigenvalue weighted by atomic mass is 10.1. The number of imide groups is 1. The summed E-state index contributed by atoms with van der Waals surface area (Å²) in [5.74, 6) is -0.843. The van der Waals surface area contributed by atoms with Crippen LogP contribution in [0.15, 0.2) is 53.1 Å². The Labute approximate surface area is 175 Å². The van der Waals surface area contributed by atoms with Crippen LogP contribution in [0.5, 0.6) is 0 Å². The molecule has 1 aliphatic heterocycles. The number of aromatic nitrogens is 1. The van der Waals surface area contributed by atoms with Crippen LogP contribution in [-0.2, 0) is 16.0 Å². The van der Waals surface area contributed by atoms with Crippen LogP contribution in [0.3, 0.4) is 0 Å². The number of carbonyl (C=O) groups excluding carboxylic acids is 3. The first-order valence-corrected chi connectivity index (χ1v) is 9.94. The first-order valence-electron chi connectivity index (χ1n) is 9.15. The second-order valence-electron chi connectivity index (χ2n) is 7.02. The van der Waals surface area contributed by atoms with Crippen molar-refractivity contribution in [2.75, 3.05) is 11.9 Å². The number of rotatable bonds is 5. The summed E-state index contributed by atoms with van der Waals surface area (Å²) >= 11 is 3.40. The van der Waals surface area contributed by atoms with E-state index in [-0.39, 0.29) is 6.54 Å². The Morgan fingerprint density at radius 1 is 1.21 bits per heavy atom. The number of hydrogen-bond donors (Lipinski definition) is 3. The van der Waals surface area contributed by atoms with Gasteiger partial charge in [0.2, 0.25) is 5.91 Å². The van der Waals surface area contributed by atoms with Crippen LogP contribution in [0.25, 0.3) is 10.9 Å². The molecule has 0 saturated carbocycles. The van der Waals surface area contributed by atoms with Crippen molar-refractivity contribution in [3.8, 4) is 0 Å². The van der Waals surface area contributed by atoms with E-state index in [0.29, 0.717) is 12.1 Å². The van der Waals surface area contributed by atoms with Crippen LogP contribution in [0, 0.1) is 6.92 Å². The van der Waals surface area contributed by atoms with E-state index in [0.717, 1.165) is 31.4 Å². The summed E-state index contributed by atoms with van der Waals surface area (Å²) in [7, 11) is 0. The summed E-state index contributed by atoms with van der Waals surface area (Å²) in [4.78, 5) is 41.5. The lowest BCUT2D eigenvalue weighted by Crippen LogP contribution is -2.38. The number of halogens is 1. The molecule has 3 aromatic rings. The molecule has 8 heteroatoms. The van der Waals surface area contributed by atoms with Gasteiger partial charge in [-0.15, -0.1) is 0 Å². The van der Waals surface area contributed by atoms with Gasteiger partial charge in [0.05, 0.1) is 5.69 Å². The Kier molecular flexibility index (Phi) is 5.10. The number of hydrogen-bond acceptors (Lipinski definition) is 3. The Hall–Kier alpha value is -3.13. The van der Waals surface area contributed by atoms with Crippen LogP contribution >= 0.6 is 15.9 Å². The minimum atomic E-state index is -0.694. The summed E-state index contributed by atoms with van der Waals surface area (Å²) in [6.07, 6.45) is 2.20. The maximum atomic E-state index is 12.7. The number of urea groups is 1. The minimum absolute atomic E-state index is 0.338. The summed E-state index contributed by atoms with van der Waals surface area (Å²) in [5, 5.41) is 6.41. The molecule has 0 radical (unpaired) electrons. The first kappa shape index (κ1) is 19.2. The molecule has 1 fully saturated rings. The fraction of sp³-hybridized carbons (Fsp3) is 0.190. The highest BCUT2D eigenvalue weighted by atomic mass is 79.9. The Balaban J connectivity index is 1.43. The number of benzene rings is 2. The van der Waals surface area contributed by atoms with E-state index in [1.54, 1.807) is 6.07 Å². The highest BCUT2D eigenvalue weighted by molar-refractivity contribution is 9.10. The van der Waals surface area contributed by atoms with E-state index in [2.05, 4.69) is 31.5 Å². The molecule has 1 aromatic heterocycles. The average molecular weight is 455 g/mol. The lowest BCUT2D eigenvalue weighted by molar-refractivity contribution is -0.130. The monoisotopic (exact) mass is 454 g/mol. The van der Waals surface area contributed by atoms with E-state index in [4.69, 9.17) is 0 Å². The number of carbonyl (C=O) groups is 3. The molecule has 4 rings (SSSR count). The van der Waals surface area contributed by atoms with Crippen LogP contribution in [0.4, 0.5) is 10.5 Å². The van der Waals surface area contributed by atoms with Crippen molar-refractivity contribution >= 4 is 50.4 Å². The molecule has 148 valence electrons. The van der Waals surface area contributed by atoms with Gasteiger partial charge in [0.25, 0.3) is 5.91 Å². The van der Waals surface area contributed by atoms with Gasteiger partial charge in [-0.3, -0.25) is 14.5 Å². The molecule has 2 aromatic carbocycles. The van der Waals surface area contributed by atoms with E-state index in [9.17, 15) is 14.4 Å². The fourth-order valence-electron chi connectivity index (χ4n) is 3.44. The number of nitrogens with zero attached hydrogens (tertiary/aromatic N) is 1. The van der Waals surface area contributed by atoms with E-state index >= 15 is 0 Å². The highest BCUT2D eigenvalue weighted by Gasteiger charge is 2.39. The zero-order valence-corrected chi connectivity index (χ0v) is 17.2. The minimum Gasteiger partial charge on any atom is -0.361 e. The third-order valence-corrected chi connectivity index (χ3v) is 5.56. The first-order chi connectivity index (χ1) is 13.9. The van der Waals surface area contributed by atoms with Gasteiger partial charge in [0, 0.05) is 28.0 Å². The van der Waals surface area contributed by atoms with E-state index in [1.807, 2.05) is 49.5 Å². The van der Waals surface area contributed by atoms with Crippen molar-refractivity contribution in [2.24, 2.45) is 0 Å². The Bertz CT molecular complexity index is 1120. The summed E-state index contributed by atoms with van der Waals surface area (Å²) in [6.45, 7) is 1.60. The van der Waals surface area contributed by atoms with Crippen molar-refractivity contribution in [3.63, 3.8) is 0 Å². The Morgan fingerprint density at radius 2 is 2.00 bits per heavy atom. The predicted octanol–water partition coefficient (Wildman–Crippen LogP) is 3.34. The number of amides is 4. The maximum absolute atomic E-state index is 12.7. The third-order valence-electron chi connectivity index (χ3n) is 4.91. The molecule has 1 saturated heterocycles. The SMILES string of the molecule is Cc1ccc(NC(=O)CN2C(=O)NC(Cc3c[nH]c4ccccc34)C2=O)c(Br)c1. The molecular weight excluding hydrogens is 436 g/mol. The molecule has 1 atom stereocenters. The van der Waals surface area contributed by atoms with Crippen molar-refractivity contribution in [1.29, 1.82) is 0 Å². The molecule has 1 unspecified atom stereocenters. The molecule has 0 bridgehead atoms. The third kappa shape index (κ3) is 3.88. The van der Waals surface area contributed by atoms with Gasteiger partial charge in [-0.25, -0.2) is 4.79 Å². The highest BCUT2D eigenvalue weighted by Crippen LogP contribution is 2.24. The molecule has 3 N–H and O–H groups in total. The number of para-hydroxylation sites is 1. The number of aromatic amines is 1. The van der Waals surface area contributed by atoms with Crippen molar-refractivity contribution < 1.29 is 14.4 Å². The van der Waals surface area contributed by atoms with Crippen molar-refractivity contribution in [3.05, 3.63) is 64.3 Å². The number of fused-ring (bicyclic) bond motifs is 1. The van der Waals surface area contributed by atoms with Crippen molar-refractivity contribution in [1.82, 2.24) is 15.2 Å². The van der Waals surface area contributed by atoms with Gasteiger partial charge in [0.1, 0.15) is 12.6 Å². The Morgan fingerprint density at radius 3 is 2.79 bits per heavy atom. The van der Waals surface area contributed by atoms with Crippen LogP contribution in [0.2, 0.25) is 0 Å². The van der Waals surface area contributed by atoms with Crippen LogP contribution < -0.4 is 10.6 Å². The molecule has 0 aliphatic carbocycles. The normalized spacial score (nSPS) is 16.3. The van der Waals surface area contributed by atoms with Gasteiger partial charge in [0.15, 0.2) is 0 Å². The molecule has 29 heavy (non-hydrogen) atoms. The number of nitrogens with one attached hydrogen (secondary N) is 3. The zero-order chi connectivity index (χ0) is 20.5. The number of H-pyrrole nitrogens is 1. The van der Waals surface area contributed by atoms with Gasteiger partial charge < -0.3 is 15.6 Å². The quantitative estimate of drug-likeness (QED) is 0.516.